The second-order valence-corrected chi connectivity index (χ2v) is 10.6. The van der Waals surface area contributed by atoms with Gasteiger partial charge in [-0.1, -0.05) is 13.0 Å². The average Bonchev–Trinajstić information content (AvgIpc) is 2.66. The Balaban J connectivity index is 1.89. The smallest absolute Gasteiger partial charge is 0.410 e. The van der Waals surface area contributed by atoms with Crippen LogP contribution in [0.15, 0.2) is 41.6 Å². The second kappa shape index (κ2) is 8.89. The molecule has 0 saturated carbocycles. The van der Waals surface area contributed by atoms with Crippen LogP contribution in [0.4, 0.5) is 4.79 Å². The van der Waals surface area contributed by atoms with E-state index < -0.39 is 21.7 Å². The van der Waals surface area contributed by atoms with E-state index in [0.29, 0.717) is 32.5 Å². The number of nitrogens with zero attached hydrogens (tertiary/aromatic N) is 3. The van der Waals surface area contributed by atoms with Gasteiger partial charge in [-0.05, 0) is 63.6 Å². The summed E-state index contributed by atoms with van der Waals surface area (Å²) >= 11 is 0. The van der Waals surface area contributed by atoms with Crippen LogP contribution in [0.1, 0.15) is 47.0 Å². The van der Waals surface area contributed by atoms with Crippen LogP contribution in [0.5, 0.6) is 0 Å². The van der Waals surface area contributed by atoms with Crippen LogP contribution in [0.2, 0.25) is 0 Å². The van der Waals surface area contributed by atoms with E-state index in [1.54, 1.807) is 39.8 Å². The molecule has 1 aromatic heterocycles. The van der Waals surface area contributed by atoms with E-state index in [9.17, 15) is 13.2 Å². The molecule has 0 bridgehead atoms. The van der Waals surface area contributed by atoms with Crippen molar-refractivity contribution in [2.24, 2.45) is 0 Å². The molecule has 0 spiro atoms. The van der Waals surface area contributed by atoms with Gasteiger partial charge in [0.25, 0.3) is 0 Å². The molecular formula is C22H31N3O4S. The van der Waals surface area contributed by atoms with Crippen LogP contribution in [0.25, 0.3) is 10.8 Å². The number of ether oxygens (including phenoxy) is 1. The Morgan fingerprint density at radius 1 is 1.17 bits per heavy atom. The Bertz CT molecular complexity index is 1000. The van der Waals surface area contributed by atoms with Gasteiger partial charge in [-0.3, -0.25) is 4.98 Å². The topological polar surface area (TPSA) is 79.8 Å². The van der Waals surface area contributed by atoms with Crippen molar-refractivity contribution < 1.29 is 17.9 Å². The highest BCUT2D eigenvalue weighted by Crippen LogP contribution is 2.26. The zero-order valence-electron chi connectivity index (χ0n) is 18.2. The number of amides is 1. The minimum atomic E-state index is -3.70. The molecule has 7 nitrogen and oxygen atoms in total. The number of rotatable bonds is 3. The number of benzene rings is 1. The highest BCUT2D eigenvalue weighted by Gasteiger charge is 2.34. The molecular weight excluding hydrogens is 402 g/mol. The fourth-order valence-electron chi connectivity index (χ4n) is 3.69. The SMILES string of the molecule is CC[C@@H]1CN(C(=O)OC(C)(C)C)CCCCN1S(=O)(=O)c1ccc2cnccc2c1. The van der Waals surface area contributed by atoms with Crippen molar-refractivity contribution in [1.82, 2.24) is 14.2 Å². The molecule has 1 saturated heterocycles. The van der Waals surface area contributed by atoms with Crippen molar-refractivity contribution in [3.8, 4) is 0 Å². The lowest BCUT2D eigenvalue weighted by Crippen LogP contribution is -2.51. The van der Waals surface area contributed by atoms with E-state index in [2.05, 4.69) is 4.98 Å². The molecule has 164 valence electrons. The second-order valence-electron chi connectivity index (χ2n) is 8.70. The summed E-state index contributed by atoms with van der Waals surface area (Å²) in [6, 6.07) is 6.62. The number of fused-ring (bicyclic) bond motifs is 1. The average molecular weight is 434 g/mol. The van der Waals surface area contributed by atoms with Crippen LogP contribution >= 0.6 is 0 Å². The molecule has 2 heterocycles. The van der Waals surface area contributed by atoms with E-state index in [0.717, 1.165) is 17.2 Å². The van der Waals surface area contributed by atoms with Gasteiger partial charge in [-0.25, -0.2) is 13.2 Å². The van der Waals surface area contributed by atoms with Crippen molar-refractivity contribution in [3.63, 3.8) is 0 Å². The van der Waals surface area contributed by atoms with Gasteiger partial charge in [0.15, 0.2) is 0 Å². The molecule has 1 amide bonds. The summed E-state index contributed by atoms with van der Waals surface area (Å²) in [5.41, 5.74) is -0.590. The molecule has 3 rings (SSSR count). The molecule has 0 aliphatic carbocycles. The van der Waals surface area contributed by atoms with Crippen molar-refractivity contribution in [1.29, 1.82) is 0 Å². The van der Waals surface area contributed by atoms with Crippen LogP contribution in [-0.2, 0) is 14.8 Å². The summed E-state index contributed by atoms with van der Waals surface area (Å²) in [6.07, 6.45) is 5.00. The van der Waals surface area contributed by atoms with Crippen LogP contribution in [0.3, 0.4) is 0 Å². The summed E-state index contributed by atoms with van der Waals surface area (Å²) in [6.45, 7) is 8.78. The van der Waals surface area contributed by atoms with Crippen LogP contribution < -0.4 is 0 Å². The van der Waals surface area contributed by atoms with Gasteiger partial charge >= 0.3 is 6.09 Å². The molecule has 0 unspecified atom stereocenters. The minimum absolute atomic E-state index is 0.268. The lowest BCUT2D eigenvalue weighted by atomic mass is 10.1. The van der Waals surface area contributed by atoms with Crippen molar-refractivity contribution in [3.05, 3.63) is 36.7 Å². The standard InChI is InChI=1S/C22H31N3O4S/c1-5-19-16-24(21(26)29-22(2,3)4)12-6-7-13-25(19)30(27,28)20-9-8-18-15-23-11-10-17(18)14-20/h8-11,14-15,19H,5-7,12-13,16H2,1-4H3/t19-/m1/s1. The van der Waals surface area contributed by atoms with Crippen molar-refractivity contribution in [2.45, 2.75) is 63.5 Å². The first-order valence-corrected chi connectivity index (χ1v) is 11.9. The first-order chi connectivity index (χ1) is 14.1. The Labute approximate surface area is 179 Å². The molecule has 30 heavy (non-hydrogen) atoms. The van der Waals surface area contributed by atoms with E-state index in [1.165, 1.54) is 0 Å². The van der Waals surface area contributed by atoms with E-state index in [-0.39, 0.29) is 10.9 Å². The normalized spacial score (nSPS) is 19.3. The number of carbonyl (C=O) groups excluding carboxylic acids is 1. The fraction of sp³-hybridized carbons (Fsp3) is 0.545. The predicted molar refractivity (Wildman–Crippen MR) is 117 cm³/mol. The first-order valence-electron chi connectivity index (χ1n) is 10.5. The van der Waals surface area contributed by atoms with E-state index >= 15 is 0 Å². The van der Waals surface area contributed by atoms with E-state index in [4.69, 9.17) is 4.74 Å². The largest absolute Gasteiger partial charge is 0.444 e. The lowest BCUT2D eigenvalue weighted by molar-refractivity contribution is 0.0189. The van der Waals surface area contributed by atoms with Gasteiger partial charge in [0.05, 0.1) is 4.90 Å². The number of sulfonamides is 1. The number of hydrogen-bond donors (Lipinski definition) is 0. The lowest BCUT2D eigenvalue weighted by Gasteiger charge is -2.37. The number of aromatic nitrogens is 1. The predicted octanol–water partition coefficient (Wildman–Crippen LogP) is 4.04. The fourth-order valence-corrected chi connectivity index (χ4v) is 5.45. The Kier molecular flexibility index (Phi) is 6.67. The maximum atomic E-state index is 13.5. The zero-order valence-corrected chi connectivity index (χ0v) is 19.0. The van der Waals surface area contributed by atoms with Gasteiger partial charge in [-0.2, -0.15) is 4.31 Å². The Hall–Kier alpha value is -2.19. The Morgan fingerprint density at radius 3 is 2.60 bits per heavy atom. The van der Waals surface area contributed by atoms with Gasteiger partial charge in [0, 0.05) is 43.5 Å². The highest BCUT2D eigenvalue weighted by molar-refractivity contribution is 7.89. The number of hydrogen-bond acceptors (Lipinski definition) is 5. The third-order valence-corrected chi connectivity index (χ3v) is 7.18. The van der Waals surface area contributed by atoms with Gasteiger partial charge in [0.1, 0.15) is 5.60 Å². The molecule has 1 aliphatic heterocycles. The maximum Gasteiger partial charge on any atom is 0.410 e. The number of carbonyl (C=O) groups is 1. The molecule has 1 atom stereocenters. The third kappa shape index (κ3) is 5.10. The first kappa shape index (κ1) is 22.5. The maximum absolute atomic E-state index is 13.5. The molecule has 1 aliphatic rings. The summed E-state index contributed by atoms with van der Waals surface area (Å²) in [5.74, 6) is 0. The van der Waals surface area contributed by atoms with Crippen LogP contribution in [0, 0.1) is 0 Å². The van der Waals surface area contributed by atoms with Gasteiger partial charge in [0.2, 0.25) is 10.0 Å². The summed E-state index contributed by atoms with van der Waals surface area (Å²) in [5, 5.41) is 1.73. The van der Waals surface area contributed by atoms with E-state index in [1.807, 2.05) is 33.8 Å². The summed E-state index contributed by atoms with van der Waals surface area (Å²) in [7, 11) is -3.70. The molecule has 2 aromatic rings. The van der Waals surface area contributed by atoms with Crippen LogP contribution in [-0.4, -0.2) is 60.0 Å². The molecule has 1 fully saturated rings. The number of pyridine rings is 1. The zero-order chi connectivity index (χ0) is 21.9. The van der Waals surface area contributed by atoms with Crippen molar-refractivity contribution >= 4 is 26.9 Å². The molecule has 0 radical (unpaired) electrons. The minimum Gasteiger partial charge on any atom is -0.444 e. The van der Waals surface area contributed by atoms with Gasteiger partial charge in [-0.15, -0.1) is 0 Å². The summed E-state index contributed by atoms with van der Waals surface area (Å²) in [4.78, 5) is 18.6. The molecule has 1 aromatic carbocycles. The quantitative estimate of drug-likeness (QED) is 0.730. The third-order valence-electron chi connectivity index (χ3n) is 5.24. The highest BCUT2D eigenvalue weighted by atomic mass is 32.2. The van der Waals surface area contributed by atoms with Gasteiger partial charge < -0.3 is 9.64 Å². The van der Waals surface area contributed by atoms with Crippen molar-refractivity contribution in [2.75, 3.05) is 19.6 Å². The molecule has 0 N–H and O–H groups in total. The Morgan fingerprint density at radius 2 is 1.90 bits per heavy atom. The summed E-state index contributed by atoms with van der Waals surface area (Å²) < 4.78 is 34.2. The molecule has 8 heteroatoms. The monoisotopic (exact) mass is 433 g/mol.